The molecule has 0 atom stereocenters. The van der Waals surface area contributed by atoms with Crippen molar-refractivity contribution in [1.29, 1.82) is 0 Å². The monoisotopic (exact) mass is 348 g/mol. The maximum absolute atomic E-state index is 12.5. The van der Waals surface area contributed by atoms with Gasteiger partial charge in [0.25, 0.3) is 0 Å². The number of hydrogen-bond donors (Lipinski definition) is 0. The molecular weight excluding hydrogens is 340 g/mol. The molecule has 0 amide bonds. The van der Waals surface area contributed by atoms with Crippen LogP contribution in [0.2, 0.25) is 5.02 Å². The van der Waals surface area contributed by atoms with E-state index in [9.17, 15) is 4.79 Å². The van der Waals surface area contributed by atoms with Gasteiger partial charge in [0, 0.05) is 20.4 Å². The van der Waals surface area contributed by atoms with Crippen LogP contribution < -0.4 is 0 Å². The first-order valence-electron chi connectivity index (χ1n) is 6.05. The minimum atomic E-state index is -0.185. The largest absolute Gasteiger partial charge is 0.452 e. The van der Waals surface area contributed by atoms with Crippen molar-refractivity contribution in [3.8, 4) is 0 Å². The van der Waals surface area contributed by atoms with Crippen LogP contribution in [0, 0.1) is 6.92 Å². The number of halogens is 2. The lowest BCUT2D eigenvalue weighted by Gasteiger charge is -2.01. The summed E-state index contributed by atoms with van der Waals surface area (Å²) < 4.78 is 6.39. The molecule has 1 heterocycles. The van der Waals surface area contributed by atoms with Crippen LogP contribution in [0.25, 0.3) is 11.0 Å². The number of para-hydroxylation sites is 1. The summed E-state index contributed by atoms with van der Waals surface area (Å²) in [5.74, 6) is 0.132. The third kappa shape index (κ3) is 2.28. The second-order valence-corrected chi connectivity index (χ2v) is 5.85. The van der Waals surface area contributed by atoms with E-state index in [1.165, 1.54) is 0 Å². The Kier molecular flexibility index (Phi) is 3.40. The predicted molar refractivity (Wildman–Crippen MR) is 83.5 cm³/mol. The zero-order valence-electron chi connectivity index (χ0n) is 10.6. The standard InChI is InChI=1S/C16H10BrClO2/c1-9-3-2-4-10-7-14(20-16(9)10)15(19)12-8-11(18)5-6-13(12)17/h2-8H,1H3. The van der Waals surface area contributed by atoms with E-state index in [1.807, 2.05) is 25.1 Å². The Bertz CT molecular complexity index is 820. The molecule has 0 N–H and O–H groups in total. The van der Waals surface area contributed by atoms with Crippen molar-refractivity contribution in [2.75, 3.05) is 0 Å². The summed E-state index contributed by atoms with van der Waals surface area (Å²) in [5, 5.41) is 1.44. The van der Waals surface area contributed by atoms with Gasteiger partial charge >= 0.3 is 0 Å². The van der Waals surface area contributed by atoms with Gasteiger partial charge in [0.1, 0.15) is 5.58 Å². The van der Waals surface area contributed by atoms with E-state index in [2.05, 4.69) is 15.9 Å². The first-order chi connectivity index (χ1) is 9.56. The van der Waals surface area contributed by atoms with Crippen molar-refractivity contribution in [3.63, 3.8) is 0 Å². The highest BCUT2D eigenvalue weighted by atomic mass is 79.9. The maximum Gasteiger partial charge on any atom is 0.229 e. The van der Waals surface area contributed by atoms with Gasteiger partial charge in [-0.2, -0.15) is 0 Å². The molecule has 0 unspecified atom stereocenters. The van der Waals surface area contributed by atoms with E-state index in [4.69, 9.17) is 16.0 Å². The molecule has 0 aliphatic carbocycles. The second kappa shape index (κ2) is 5.08. The second-order valence-electron chi connectivity index (χ2n) is 4.56. The van der Waals surface area contributed by atoms with Gasteiger partial charge in [-0.25, -0.2) is 0 Å². The van der Waals surface area contributed by atoms with Gasteiger partial charge in [0.05, 0.1) is 0 Å². The lowest BCUT2D eigenvalue weighted by atomic mass is 10.1. The van der Waals surface area contributed by atoms with Crippen LogP contribution >= 0.6 is 27.5 Å². The Morgan fingerprint density at radius 1 is 1.20 bits per heavy atom. The SMILES string of the molecule is Cc1cccc2cc(C(=O)c3cc(Cl)ccc3Br)oc12. The fourth-order valence-electron chi connectivity index (χ4n) is 2.13. The summed E-state index contributed by atoms with van der Waals surface area (Å²) in [6, 6.07) is 12.7. The lowest BCUT2D eigenvalue weighted by Crippen LogP contribution is -2.00. The summed E-state index contributed by atoms with van der Waals surface area (Å²) in [6.45, 7) is 1.95. The molecule has 20 heavy (non-hydrogen) atoms. The zero-order valence-corrected chi connectivity index (χ0v) is 13.0. The van der Waals surface area contributed by atoms with Crippen LogP contribution in [0.1, 0.15) is 21.7 Å². The lowest BCUT2D eigenvalue weighted by molar-refractivity contribution is 0.101. The van der Waals surface area contributed by atoms with Gasteiger partial charge < -0.3 is 4.42 Å². The number of ketones is 1. The van der Waals surface area contributed by atoms with E-state index in [0.29, 0.717) is 20.8 Å². The highest BCUT2D eigenvalue weighted by molar-refractivity contribution is 9.10. The summed E-state index contributed by atoms with van der Waals surface area (Å²) >= 11 is 9.31. The first-order valence-corrected chi connectivity index (χ1v) is 7.22. The molecule has 0 aliphatic heterocycles. The molecule has 0 saturated carbocycles. The highest BCUT2D eigenvalue weighted by Crippen LogP contribution is 2.28. The molecule has 0 radical (unpaired) electrons. The van der Waals surface area contributed by atoms with Crippen LogP contribution in [0.3, 0.4) is 0 Å². The molecule has 0 aliphatic rings. The fourth-order valence-corrected chi connectivity index (χ4v) is 2.72. The number of carbonyl (C=O) groups is 1. The molecule has 0 spiro atoms. The summed E-state index contributed by atoms with van der Waals surface area (Å²) in [6.07, 6.45) is 0. The number of fused-ring (bicyclic) bond motifs is 1. The van der Waals surface area contributed by atoms with Gasteiger partial charge in [0.2, 0.25) is 5.78 Å². The summed E-state index contributed by atoms with van der Waals surface area (Å²) in [4.78, 5) is 12.5. The molecule has 0 bridgehead atoms. The third-order valence-corrected chi connectivity index (χ3v) is 4.06. The third-order valence-electron chi connectivity index (χ3n) is 3.14. The van der Waals surface area contributed by atoms with Crippen LogP contribution in [0.4, 0.5) is 0 Å². The Hall–Kier alpha value is -1.58. The van der Waals surface area contributed by atoms with Crippen molar-refractivity contribution in [3.05, 3.63) is 68.8 Å². The maximum atomic E-state index is 12.5. The average molecular weight is 350 g/mol. The minimum Gasteiger partial charge on any atom is -0.452 e. The van der Waals surface area contributed by atoms with Gasteiger partial charge in [-0.05, 0) is 36.8 Å². The molecule has 3 rings (SSSR count). The van der Waals surface area contributed by atoms with E-state index in [1.54, 1.807) is 24.3 Å². The Balaban J connectivity index is 2.13. The van der Waals surface area contributed by atoms with Crippen LogP contribution in [0.15, 0.2) is 51.4 Å². The molecule has 3 aromatic rings. The molecule has 100 valence electrons. The van der Waals surface area contributed by atoms with Gasteiger partial charge in [-0.15, -0.1) is 0 Å². The fraction of sp³-hybridized carbons (Fsp3) is 0.0625. The van der Waals surface area contributed by atoms with E-state index >= 15 is 0 Å². The van der Waals surface area contributed by atoms with E-state index < -0.39 is 0 Å². The number of carbonyl (C=O) groups excluding carboxylic acids is 1. The number of aryl methyl sites for hydroxylation is 1. The van der Waals surface area contributed by atoms with Gasteiger partial charge in [-0.1, -0.05) is 45.7 Å². The number of rotatable bonds is 2. The van der Waals surface area contributed by atoms with Gasteiger partial charge in [-0.3, -0.25) is 4.79 Å². The predicted octanol–water partition coefficient (Wildman–Crippen LogP) is 5.39. The van der Waals surface area contributed by atoms with Crippen LogP contribution in [-0.4, -0.2) is 5.78 Å². The minimum absolute atomic E-state index is 0.185. The number of benzene rings is 2. The summed E-state index contributed by atoms with van der Waals surface area (Å²) in [7, 11) is 0. The van der Waals surface area contributed by atoms with Gasteiger partial charge in [0.15, 0.2) is 5.76 Å². The smallest absolute Gasteiger partial charge is 0.229 e. The Morgan fingerprint density at radius 2 is 2.00 bits per heavy atom. The molecule has 4 heteroatoms. The average Bonchev–Trinajstić information content (AvgIpc) is 2.86. The Morgan fingerprint density at radius 3 is 2.75 bits per heavy atom. The Labute approximate surface area is 129 Å². The zero-order chi connectivity index (χ0) is 14.3. The van der Waals surface area contributed by atoms with Crippen molar-refractivity contribution in [1.82, 2.24) is 0 Å². The molecule has 0 fully saturated rings. The molecule has 1 aromatic heterocycles. The van der Waals surface area contributed by atoms with Crippen molar-refractivity contribution < 1.29 is 9.21 Å². The van der Waals surface area contributed by atoms with Crippen molar-refractivity contribution in [2.24, 2.45) is 0 Å². The van der Waals surface area contributed by atoms with E-state index in [-0.39, 0.29) is 5.78 Å². The van der Waals surface area contributed by atoms with E-state index in [0.717, 1.165) is 16.5 Å². The molecule has 0 saturated heterocycles. The number of hydrogen-bond acceptors (Lipinski definition) is 2. The molecule has 2 nitrogen and oxygen atoms in total. The van der Waals surface area contributed by atoms with Crippen LogP contribution in [-0.2, 0) is 0 Å². The molecule has 2 aromatic carbocycles. The number of furan rings is 1. The van der Waals surface area contributed by atoms with Crippen molar-refractivity contribution in [2.45, 2.75) is 6.92 Å². The normalized spacial score (nSPS) is 10.9. The topological polar surface area (TPSA) is 30.2 Å². The van der Waals surface area contributed by atoms with Crippen LogP contribution in [0.5, 0.6) is 0 Å². The highest BCUT2D eigenvalue weighted by Gasteiger charge is 2.18. The summed E-state index contributed by atoms with van der Waals surface area (Å²) in [5.41, 5.74) is 2.25. The quantitative estimate of drug-likeness (QED) is 0.581. The molecular formula is C16H10BrClO2. The first kappa shape index (κ1) is 13.4. The van der Waals surface area contributed by atoms with Crippen molar-refractivity contribution >= 4 is 44.3 Å².